The normalized spacial score (nSPS) is 33.8. The fraction of sp³-hybridized carbons (Fsp3) is 0.765. The third-order valence-corrected chi connectivity index (χ3v) is 15.6. The van der Waals surface area contributed by atoms with E-state index in [9.17, 15) is 5.11 Å². The molecule has 0 aromatic carbocycles. The van der Waals surface area contributed by atoms with Gasteiger partial charge in [-0.25, -0.2) is 0 Å². The van der Waals surface area contributed by atoms with Gasteiger partial charge in [0.05, 0.1) is 11.7 Å². The van der Waals surface area contributed by atoms with E-state index in [1.165, 1.54) is 43.3 Å². The average Bonchev–Trinajstić information content (AvgIpc) is 3.14. The number of hydrogen-bond donors (Lipinski definition) is 1. The zero-order valence-corrected chi connectivity index (χ0v) is 26.9. The van der Waals surface area contributed by atoms with Crippen LogP contribution >= 0.6 is 0 Å². The first-order valence-corrected chi connectivity index (χ1v) is 18.0. The number of allylic oxidation sites excluding steroid dienone is 5. The SMILES string of the molecule is C=C1CC[C@H](O)C/C1=C\C=C1/CCC[C@]2(C)[C@@H]([C@H](C)/C=C/[C@H](C)C(C)(C)O[Si](C)(C)C(C)(C)C)CC[C@@H]12. The number of fused-ring (bicyclic) bond motifs is 1. The van der Waals surface area contributed by atoms with Gasteiger partial charge in [-0.3, -0.25) is 0 Å². The third kappa shape index (κ3) is 6.82. The molecule has 0 bridgehead atoms. The highest BCUT2D eigenvalue weighted by Gasteiger charge is 2.50. The van der Waals surface area contributed by atoms with Crippen molar-refractivity contribution in [2.24, 2.45) is 29.1 Å². The van der Waals surface area contributed by atoms with Crippen LogP contribution in [0.2, 0.25) is 18.1 Å². The molecule has 3 heteroatoms. The maximum absolute atomic E-state index is 10.1. The maximum Gasteiger partial charge on any atom is 0.192 e. The largest absolute Gasteiger partial charge is 0.411 e. The van der Waals surface area contributed by atoms with Gasteiger partial charge in [0.1, 0.15) is 0 Å². The number of rotatable bonds is 7. The first kappa shape index (κ1) is 30.6. The Hall–Kier alpha value is -0.903. The molecule has 3 rings (SSSR count). The molecule has 0 heterocycles. The molecular weight excluding hydrogens is 468 g/mol. The predicted molar refractivity (Wildman–Crippen MR) is 163 cm³/mol. The summed E-state index contributed by atoms with van der Waals surface area (Å²) >= 11 is 0. The highest BCUT2D eigenvalue weighted by atomic mass is 28.4. The summed E-state index contributed by atoms with van der Waals surface area (Å²) in [4.78, 5) is 0. The Morgan fingerprint density at radius 2 is 1.70 bits per heavy atom. The van der Waals surface area contributed by atoms with Crippen LogP contribution in [0.15, 0.2) is 47.6 Å². The van der Waals surface area contributed by atoms with Crippen molar-refractivity contribution in [2.75, 3.05) is 0 Å². The van der Waals surface area contributed by atoms with Gasteiger partial charge in [0, 0.05) is 5.92 Å². The van der Waals surface area contributed by atoms with Crippen LogP contribution in [0.25, 0.3) is 0 Å². The van der Waals surface area contributed by atoms with Crippen LogP contribution < -0.4 is 0 Å². The van der Waals surface area contributed by atoms with Crippen molar-refractivity contribution in [1.29, 1.82) is 0 Å². The third-order valence-electron chi connectivity index (χ3n) is 11.0. The predicted octanol–water partition coefficient (Wildman–Crippen LogP) is 9.79. The van der Waals surface area contributed by atoms with Gasteiger partial charge in [-0.15, -0.1) is 0 Å². The number of hydrogen-bond acceptors (Lipinski definition) is 2. The van der Waals surface area contributed by atoms with E-state index in [0.717, 1.165) is 25.2 Å². The van der Waals surface area contributed by atoms with Gasteiger partial charge in [-0.1, -0.05) is 83.6 Å². The van der Waals surface area contributed by atoms with Crippen molar-refractivity contribution in [3.8, 4) is 0 Å². The second-order valence-electron chi connectivity index (χ2n) is 15.0. The zero-order chi connectivity index (χ0) is 27.8. The molecular formula is C34H58O2Si. The Labute approximate surface area is 230 Å². The lowest BCUT2D eigenvalue weighted by Crippen LogP contribution is -2.49. The molecule has 3 aliphatic rings. The second-order valence-corrected chi connectivity index (χ2v) is 19.8. The molecule has 1 N–H and O–H groups in total. The molecule has 2 nitrogen and oxygen atoms in total. The molecule has 210 valence electrons. The minimum absolute atomic E-state index is 0.160. The lowest BCUT2D eigenvalue weighted by Gasteiger charge is -2.45. The first-order valence-electron chi connectivity index (χ1n) is 15.1. The second kappa shape index (κ2) is 11.3. The van der Waals surface area contributed by atoms with E-state index >= 15 is 0 Å². The van der Waals surface area contributed by atoms with Crippen molar-refractivity contribution in [3.63, 3.8) is 0 Å². The van der Waals surface area contributed by atoms with Crippen LogP contribution in [0.3, 0.4) is 0 Å². The molecule has 0 aromatic rings. The summed E-state index contributed by atoms with van der Waals surface area (Å²) in [7, 11) is -1.82. The van der Waals surface area contributed by atoms with Gasteiger partial charge >= 0.3 is 0 Å². The summed E-state index contributed by atoms with van der Waals surface area (Å²) in [6, 6.07) is 0. The van der Waals surface area contributed by atoms with Crippen molar-refractivity contribution < 1.29 is 9.53 Å². The van der Waals surface area contributed by atoms with Crippen molar-refractivity contribution in [2.45, 2.75) is 137 Å². The Kier molecular flexibility index (Phi) is 9.35. The van der Waals surface area contributed by atoms with Gasteiger partial charge < -0.3 is 9.53 Å². The molecule has 0 saturated heterocycles. The van der Waals surface area contributed by atoms with E-state index in [0.29, 0.717) is 23.2 Å². The monoisotopic (exact) mass is 526 g/mol. The zero-order valence-electron chi connectivity index (χ0n) is 25.9. The molecule has 0 radical (unpaired) electrons. The highest BCUT2D eigenvalue weighted by molar-refractivity contribution is 6.74. The van der Waals surface area contributed by atoms with E-state index in [-0.39, 0.29) is 16.7 Å². The topological polar surface area (TPSA) is 29.5 Å². The standard InChI is InChI=1S/C34H58O2Si/c1-24-15-19-29(35)23-28(24)18-17-27-13-12-22-34(9)30(20-21-31(27)34)25(2)14-16-26(3)33(7,8)36-37(10,11)32(4,5)6/h14,16-18,25-26,29-31,35H,1,12-13,15,19-23H2,2-11H3/b16-14+,27-17+,28-18+/t25-,26+,29+,30-,31+,34-/m1/s1. The molecule has 0 aliphatic heterocycles. The quantitative estimate of drug-likeness (QED) is 0.264. The number of aliphatic hydroxyl groups is 1. The molecule has 3 saturated carbocycles. The maximum atomic E-state index is 10.1. The van der Waals surface area contributed by atoms with Crippen LogP contribution in [0, 0.1) is 29.1 Å². The molecule has 0 unspecified atom stereocenters. The summed E-state index contributed by atoms with van der Waals surface area (Å²) in [5.41, 5.74) is 4.35. The molecule has 37 heavy (non-hydrogen) atoms. The Morgan fingerprint density at radius 1 is 1.03 bits per heavy atom. The summed E-state index contributed by atoms with van der Waals surface area (Å²) in [5, 5.41) is 10.4. The van der Waals surface area contributed by atoms with E-state index in [4.69, 9.17) is 4.43 Å². The average molecular weight is 527 g/mol. The van der Waals surface area contributed by atoms with Crippen molar-refractivity contribution in [1.82, 2.24) is 0 Å². The van der Waals surface area contributed by atoms with Crippen LogP contribution in [-0.4, -0.2) is 25.1 Å². The van der Waals surface area contributed by atoms with Gasteiger partial charge in [0.25, 0.3) is 0 Å². The lowest BCUT2D eigenvalue weighted by atomic mass is 9.61. The smallest absolute Gasteiger partial charge is 0.192 e. The van der Waals surface area contributed by atoms with Crippen molar-refractivity contribution >= 4 is 8.32 Å². The van der Waals surface area contributed by atoms with E-state index < -0.39 is 8.32 Å². The molecule has 3 aliphatic carbocycles. The Bertz CT molecular complexity index is 915. The van der Waals surface area contributed by atoms with Gasteiger partial charge in [-0.05, 0) is 112 Å². The molecule has 3 fully saturated rings. The highest BCUT2D eigenvalue weighted by Crippen LogP contribution is 2.59. The van der Waals surface area contributed by atoms with Crippen LogP contribution in [0.1, 0.15) is 107 Å². The molecule has 6 atom stereocenters. The summed E-state index contributed by atoms with van der Waals surface area (Å²) < 4.78 is 6.87. The summed E-state index contributed by atoms with van der Waals surface area (Å²) in [6.07, 6.45) is 18.6. The summed E-state index contributed by atoms with van der Waals surface area (Å²) in [5.74, 6) is 2.37. The van der Waals surface area contributed by atoms with Crippen LogP contribution in [0.4, 0.5) is 0 Å². The molecule has 0 aromatic heterocycles. The Balaban J connectivity index is 1.71. The lowest BCUT2D eigenvalue weighted by molar-refractivity contribution is 0.0555. The van der Waals surface area contributed by atoms with Gasteiger partial charge in [0.2, 0.25) is 0 Å². The minimum atomic E-state index is -1.82. The van der Waals surface area contributed by atoms with E-state index in [1.54, 1.807) is 5.57 Å². The van der Waals surface area contributed by atoms with Gasteiger partial charge in [-0.2, -0.15) is 0 Å². The molecule has 0 spiro atoms. The first-order chi connectivity index (χ1) is 17.0. The minimum Gasteiger partial charge on any atom is -0.411 e. The van der Waals surface area contributed by atoms with Crippen molar-refractivity contribution in [3.05, 3.63) is 47.6 Å². The summed E-state index contributed by atoms with van der Waals surface area (Å²) in [6.45, 7) is 27.9. The fourth-order valence-electron chi connectivity index (χ4n) is 7.15. The fourth-order valence-corrected chi connectivity index (χ4v) is 8.96. The van der Waals surface area contributed by atoms with Gasteiger partial charge in [0.15, 0.2) is 8.32 Å². The number of aliphatic hydroxyl groups excluding tert-OH is 1. The van der Waals surface area contributed by atoms with Crippen LogP contribution in [0.5, 0.6) is 0 Å². The van der Waals surface area contributed by atoms with E-state index in [1.807, 2.05) is 0 Å². The van der Waals surface area contributed by atoms with E-state index in [2.05, 4.69) is 99.4 Å². The van der Waals surface area contributed by atoms with Crippen LogP contribution in [-0.2, 0) is 4.43 Å². The Morgan fingerprint density at radius 3 is 2.35 bits per heavy atom. The molecule has 0 amide bonds.